The zero-order valence-electron chi connectivity index (χ0n) is 23.6. The number of aliphatic carboxylic acids is 1. The first-order valence-electron chi connectivity index (χ1n) is 14.3. The first-order valence-corrected chi connectivity index (χ1v) is 15.8. The number of rotatable bonds is 13. The van der Waals surface area contributed by atoms with Gasteiger partial charge in [0, 0.05) is 21.4 Å². The maximum atomic E-state index is 11.5. The van der Waals surface area contributed by atoms with Gasteiger partial charge in [0.2, 0.25) is 0 Å². The Morgan fingerprint density at radius 3 is 2.57 bits per heavy atom. The van der Waals surface area contributed by atoms with Gasteiger partial charge in [0.05, 0.1) is 23.7 Å². The maximum Gasteiger partial charge on any atom is 0.303 e. The molecule has 0 spiro atoms. The summed E-state index contributed by atoms with van der Waals surface area (Å²) in [6.07, 6.45) is 5.93. The minimum Gasteiger partial charge on any atom is -0.481 e. The Balaban J connectivity index is 1.37. The second-order valence-electron chi connectivity index (χ2n) is 11.4. The number of carboxylic acids is 1. The third-order valence-corrected chi connectivity index (χ3v) is 9.91. The van der Waals surface area contributed by atoms with Crippen LogP contribution < -0.4 is 0 Å². The summed E-state index contributed by atoms with van der Waals surface area (Å²) in [5.41, 5.74) is 5.59. The third-order valence-electron chi connectivity index (χ3n) is 7.99. The third kappa shape index (κ3) is 7.81. The van der Waals surface area contributed by atoms with Gasteiger partial charge in [-0.3, -0.25) is 4.79 Å². The predicted molar refractivity (Wildman–Crippen MR) is 173 cm³/mol. The number of thioether (sulfide) groups is 1. The Kier molecular flexibility index (Phi) is 9.69. The zero-order valence-corrected chi connectivity index (χ0v) is 25.2. The van der Waals surface area contributed by atoms with Gasteiger partial charge < -0.3 is 15.3 Å². The largest absolute Gasteiger partial charge is 0.481 e. The summed E-state index contributed by atoms with van der Waals surface area (Å²) < 4.78 is 0. The molecule has 1 saturated carbocycles. The molecule has 0 saturated heterocycles. The van der Waals surface area contributed by atoms with E-state index in [1.807, 2.05) is 72.4 Å². The van der Waals surface area contributed by atoms with Crippen LogP contribution in [0.5, 0.6) is 0 Å². The second kappa shape index (κ2) is 13.4. The van der Waals surface area contributed by atoms with Crippen LogP contribution >= 0.6 is 23.4 Å². The minimum absolute atomic E-state index is 0.114. The molecule has 1 aliphatic rings. The molecular weight excluding hydrogens is 566 g/mol. The topological polar surface area (TPSA) is 90.7 Å². The number of aromatic nitrogens is 1. The zero-order chi connectivity index (χ0) is 29.7. The van der Waals surface area contributed by atoms with Crippen molar-refractivity contribution < 1.29 is 20.1 Å². The number of nitrogens with zero attached hydrogens (tertiary/aromatic N) is 1. The van der Waals surface area contributed by atoms with Gasteiger partial charge in [-0.25, -0.2) is 4.98 Å². The van der Waals surface area contributed by atoms with E-state index in [1.54, 1.807) is 6.92 Å². The highest BCUT2D eigenvalue weighted by atomic mass is 35.5. The summed E-state index contributed by atoms with van der Waals surface area (Å²) in [7, 11) is 0. The van der Waals surface area contributed by atoms with Gasteiger partial charge in [0.25, 0.3) is 0 Å². The fraction of sp³-hybridized carbons (Fsp3) is 0.314. The Hall–Kier alpha value is -3.16. The van der Waals surface area contributed by atoms with Crippen LogP contribution in [0.4, 0.5) is 0 Å². The smallest absolute Gasteiger partial charge is 0.303 e. The molecule has 218 valence electrons. The fourth-order valence-corrected chi connectivity index (χ4v) is 7.07. The molecule has 0 aliphatic heterocycles. The highest BCUT2D eigenvalue weighted by Crippen LogP contribution is 2.53. The maximum absolute atomic E-state index is 11.5. The van der Waals surface area contributed by atoms with E-state index in [1.165, 1.54) is 5.56 Å². The Bertz CT molecular complexity index is 1580. The summed E-state index contributed by atoms with van der Waals surface area (Å²) in [6.45, 7) is 1.60. The molecule has 1 fully saturated rings. The minimum atomic E-state index is -0.939. The van der Waals surface area contributed by atoms with Gasteiger partial charge >= 0.3 is 5.97 Å². The number of halogens is 1. The van der Waals surface area contributed by atoms with Crippen LogP contribution in [0.15, 0.2) is 78.9 Å². The van der Waals surface area contributed by atoms with Crippen LogP contribution in [0.2, 0.25) is 5.02 Å². The summed E-state index contributed by atoms with van der Waals surface area (Å²) in [4.78, 5) is 16.2. The van der Waals surface area contributed by atoms with E-state index in [9.17, 15) is 20.1 Å². The molecule has 0 amide bonds. The van der Waals surface area contributed by atoms with Crippen LogP contribution in [0, 0.1) is 5.41 Å². The number of aliphatic hydroxyl groups is 2. The SMILES string of the molecule is CC(O)C(O)c1ccccc1CC[C@@H](SCC1(CC(=O)O)CC1)c1cccc(/C=C/c2ccc3ccc(Cl)cc3n2)c1. The molecule has 1 heterocycles. The molecule has 7 heteroatoms. The molecule has 3 N–H and O–H groups in total. The summed E-state index contributed by atoms with van der Waals surface area (Å²) >= 11 is 7.99. The average Bonchev–Trinajstić information content (AvgIpc) is 3.74. The Morgan fingerprint density at radius 1 is 1.02 bits per heavy atom. The fourth-order valence-electron chi connectivity index (χ4n) is 5.33. The van der Waals surface area contributed by atoms with Gasteiger partial charge in [0.1, 0.15) is 6.10 Å². The molecule has 2 unspecified atom stereocenters. The number of aliphatic hydroxyl groups excluding tert-OH is 2. The van der Waals surface area contributed by atoms with Crippen molar-refractivity contribution >= 4 is 52.4 Å². The number of aryl methyl sites for hydroxylation is 1. The summed E-state index contributed by atoms with van der Waals surface area (Å²) in [5.74, 6) is 0.0633. The van der Waals surface area contributed by atoms with Crippen LogP contribution in [-0.4, -0.2) is 38.1 Å². The van der Waals surface area contributed by atoms with Crippen molar-refractivity contribution in [3.63, 3.8) is 0 Å². The molecule has 42 heavy (non-hydrogen) atoms. The molecule has 1 aliphatic carbocycles. The lowest BCUT2D eigenvalue weighted by molar-refractivity contribution is -0.138. The summed E-state index contributed by atoms with van der Waals surface area (Å²) in [5, 5.41) is 31.9. The highest BCUT2D eigenvalue weighted by Gasteiger charge is 2.44. The Morgan fingerprint density at radius 2 is 1.81 bits per heavy atom. The van der Waals surface area contributed by atoms with Gasteiger partial charge in [-0.1, -0.05) is 78.3 Å². The number of carboxylic acid groups (broad SMARTS) is 1. The van der Waals surface area contributed by atoms with Crippen molar-refractivity contribution in [2.45, 2.75) is 56.5 Å². The first-order chi connectivity index (χ1) is 20.2. The molecule has 5 nitrogen and oxygen atoms in total. The number of fused-ring (bicyclic) bond motifs is 1. The predicted octanol–water partition coefficient (Wildman–Crippen LogP) is 8.13. The van der Waals surface area contributed by atoms with Gasteiger partial charge in [-0.2, -0.15) is 11.8 Å². The van der Waals surface area contributed by atoms with Crippen molar-refractivity contribution in [3.05, 3.63) is 112 Å². The number of carbonyl (C=O) groups is 1. The molecule has 3 atom stereocenters. The molecule has 0 bridgehead atoms. The van der Waals surface area contributed by atoms with Crippen LogP contribution in [-0.2, 0) is 11.2 Å². The van der Waals surface area contributed by atoms with Crippen LogP contribution in [0.25, 0.3) is 23.1 Å². The molecule has 4 aromatic rings. The highest BCUT2D eigenvalue weighted by molar-refractivity contribution is 7.99. The van der Waals surface area contributed by atoms with E-state index in [2.05, 4.69) is 30.3 Å². The van der Waals surface area contributed by atoms with E-state index < -0.39 is 18.2 Å². The van der Waals surface area contributed by atoms with E-state index >= 15 is 0 Å². The lowest BCUT2D eigenvalue weighted by Crippen LogP contribution is -2.16. The first kappa shape index (κ1) is 30.3. The van der Waals surface area contributed by atoms with E-state index in [-0.39, 0.29) is 17.1 Å². The lowest BCUT2D eigenvalue weighted by Gasteiger charge is -2.23. The monoisotopic (exact) mass is 601 g/mol. The molecule has 5 rings (SSSR count). The number of pyridine rings is 1. The normalized spacial score (nSPS) is 16.4. The van der Waals surface area contributed by atoms with Gasteiger partial charge in [-0.15, -0.1) is 0 Å². The molecule has 0 radical (unpaired) electrons. The number of hydrogen-bond acceptors (Lipinski definition) is 5. The summed E-state index contributed by atoms with van der Waals surface area (Å²) in [6, 6.07) is 25.9. The van der Waals surface area contributed by atoms with Crippen molar-refractivity contribution in [3.8, 4) is 0 Å². The molecular formula is C35H36ClNO4S. The average molecular weight is 602 g/mol. The number of benzene rings is 3. The molecule has 1 aromatic heterocycles. The molecule has 3 aromatic carbocycles. The van der Waals surface area contributed by atoms with E-state index in [0.717, 1.165) is 64.7 Å². The lowest BCUT2D eigenvalue weighted by atomic mass is 9.94. The van der Waals surface area contributed by atoms with Crippen molar-refractivity contribution in [2.75, 3.05) is 5.75 Å². The van der Waals surface area contributed by atoms with Crippen molar-refractivity contribution in [2.24, 2.45) is 5.41 Å². The van der Waals surface area contributed by atoms with E-state index in [0.29, 0.717) is 5.02 Å². The van der Waals surface area contributed by atoms with Crippen LogP contribution in [0.3, 0.4) is 0 Å². The van der Waals surface area contributed by atoms with Gasteiger partial charge in [0.15, 0.2) is 0 Å². The van der Waals surface area contributed by atoms with Crippen LogP contribution in [0.1, 0.15) is 71.9 Å². The second-order valence-corrected chi connectivity index (χ2v) is 13.0. The van der Waals surface area contributed by atoms with Crippen molar-refractivity contribution in [1.82, 2.24) is 4.98 Å². The standard InChI is InChI=1S/C35H36ClNO4S/c1-23(38)34(41)30-8-3-2-6-25(30)12-16-32(42-22-35(17-18-35)21-33(39)40)27-7-4-5-24(19-27)9-14-29-15-11-26-10-13-28(36)20-31(26)37-29/h2-11,13-15,19-20,23,32,34,38,41H,12,16-18,21-22H2,1H3,(H,39,40)/b14-9+/t23?,32-,34?/m1/s1. The van der Waals surface area contributed by atoms with Gasteiger partial charge in [-0.05, 0) is 84.6 Å². The van der Waals surface area contributed by atoms with Crippen molar-refractivity contribution in [1.29, 1.82) is 0 Å². The quantitative estimate of drug-likeness (QED) is 0.143. The number of hydrogen-bond donors (Lipinski definition) is 3. The van der Waals surface area contributed by atoms with E-state index in [4.69, 9.17) is 16.6 Å². The Labute approximate surface area is 256 Å².